The molecule has 0 saturated heterocycles. The number of halogens is 1. The second kappa shape index (κ2) is 6.96. The first kappa shape index (κ1) is 14.4. The zero-order valence-corrected chi connectivity index (χ0v) is 12.7. The summed E-state index contributed by atoms with van der Waals surface area (Å²) in [5.41, 5.74) is 7.01. The Bertz CT molecular complexity index is 421. The summed E-state index contributed by atoms with van der Waals surface area (Å²) in [6, 6.07) is 7.97. The summed E-state index contributed by atoms with van der Waals surface area (Å²) >= 11 is 11.1. The van der Waals surface area contributed by atoms with Gasteiger partial charge in [-0.25, -0.2) is 0 Å². The standard InChI is InChI=1S/C14H20ClN3S/c1-10-4-2-3-5-13(10)16-14(19)18-17-12-8-6-11(15)7-9-12/h6-10,13,17H,2-5H2,1H3,(H2,16,18,19)/t10-,13+/m1/s1. The Labute approximate surface area is 125 Å². The Kier molecular flexibility index (Phi) is 5.28. The molecule has 19 heavy (non-hydrogen) atoms. The molecule has 1 aliphatic rings. The first-order valence-electron chi connectivity index (χ1n) is 6.73. The van der Waals surface area contributed by atoms with Crippen molar-refractivity contribution < 1.29 is 0 Å². The van der Waals surface area contributed by atoms with E-state index in [4.69, 9.17) is 23.8 Å². The fourth-order valence-corrected chi connectivity index (χ4v) is 2.73. The Morgan fingerprint density at radius 3 is 2.58 bits per heavy atom. The summed E-state index contributed by atoms with van der Waals surface area (Å²) in [5.74, 6) is 0.684. The maximum absolute atomic E-state index is 5.83. The van der Waals surface area contributed by atoms with E-state index in [1.807, 2.05) is 24.3 Å². The lowest BCUT2D eigenvalue weighted by Gasteiger charge is -2.30. The van der Waals surface area contributed by atoms with Gasteiger partial charge < -0.3 is 5.32 Å². The highest BCUT2D eigenvalue weighted by Crippen LogP contribution is 2.23. The maximum atomic E-state index is 5.83. The summed E-state index contributed by atoms with van der Waals surface area (Å²) in [6.45, 7) is 2.28. The van der Waals surface area contributed by atoms with E-state index < -0.39 is 0 Å². The van der Waals surface area contributed by atoms with Gasteiger partial charge >= 0.3 is 0 Å². The molecule has 1 aromatic carbocycles. The van der Waals surface area contributed by atoms with E-state index in [-0.39, 0.29) is 0 Å². The van der Waals surface area contributed by atoms with Gasteiger partial charge in [-0.15, -0.1) is 0 Å². The number of thiocarbonyl (C=S) groups is 1. The lowest BCUT2D eigenvalue weighted by molar-refractivity contribution is 0.308. The highest BCUT2D eigenvalue weighted by atomic mass is 35.5. The molecule has 0 unspecified atom stereocenters. The minimum Gasteiger partial charge on any atom is -0.358 e. The van der Waals surface area contributed by atoms with Crippen molar-refractivity contribution in [3.8, 4) is 0 Å². The molecule has 2 atom stereocenters. The third-order valence-corrected chi connectivity index (χ3v) is 4.06. The van der Waals surface area contributed by atoms with Gasteiger partial charge in [0.15, 0.2) is 5.11 Å². The fourth-order valence-electron chi connectivity index (χ4n) is 2.40. The molecule has 1 aromatic rings. The van der Waals surface area contributed by atoms with Crippen LogP contribution in [0.2, 0.25) is 5.02 Å². The number of hydrogen-bond donors (Lipinski definition) is 3. The van der Waals surface area contributed by atoms with Crippen molar-refractivity contribution in [1.82, 2.24) is 10.7 Å². The van der Waals surface area contributed by atoms with Crippen LogP contribution in [-0.2, 0) is 0 Å². The monoisotopic (exact) mass is 297 g/mol. The lowest BCUT2D eigenvalue weighted by atomic mass is 9.86. The molecule has 3 nitrogen and oxygen atoms in total. The molecule has 0 spiro atoms. The Morgan fingerprint density at radius 2 is 1.89 bits per heavy atom. The number of hydrazine groups is 1. The molecule has 5 heteroatoms. The molecule has 2 rings (SSSR count). The molecular weight excluding hydrogens is 278 g/mol. The summed E-state index contributed by atoms with van der Waals surface area (Å²) < 4.78 is 0. The predicted molar refractivity (Wildman–Crippen MR) is 85.4 cm³/mol. The highest BCUT2D eigenvalue weighted by Gasteiger charge is 2.21. The van der Waals surface area contributed by atoms with E-state index >= 15 is 0 Å². The van der Waals surface area contributed by atoms with Gasteiger partial charge in [0.25, 0.3) is 0 Å². The van der Waals surface area contributed by atoms with Crippen LogP contribution in [0, 0.1) is 5.92 Å². The largest absolute Gasteiger partial charge is 0.358 e. The zero-order valence-electron chi connectivity index (χ0n) is 11.1. The van der Waals surface area contributed by atoms with Gasteiger partial charge in [0.2, 0.25) is 0 Å². The zero-order chi connectivity index (χ0) is 13.7. The summed E-state index contributed by atoms with van der Waals surface area (Å²) in [4.78, 5) is 0. The molecule has 0 bridgehead atoms. The quantitative estimate of drug-likeness (QED) is 0.587. The average molecular weight is 298 g/mol. The van der Waals surface area contributed by atoms with Gasteiger partial charge in [-0.1, -0.05) is 31.4 Å². The van der Waals surface area contributed by atoms with Gasteiger partial charge in [0.05, 0.1) is 5.69 Å². The van der Waals surface area contributed by atoms with Crippen LogP contribution in [0.25, 0.3) is 0 Å². The fraction of sp³-hybridized carbons (Fsp3) is 0.500. The van der Waals surface area contributed by atoms with Gasteiger partial charge in [0, 0.05) is 11.1 Å². The molecule has 1 saturated carbocycles. The van der Waals surface area contributed by atoms with Crippen molar-refractivity contribution in [2.75, 3.05) is 5.43 Å². The second-order valence-electron chi connectivity index (χ2n) is 5.10. The number of benzene rings is 1. The Morgan fingerprint density at radius 1 is 1.21 bits per heavy atom. The van der Waals surface area contributed by atoms with Crippen LogP contribution >= 0.6 is 23.8 Å². The number of rotatable bonds is 3. The van der Waals surface area contributed by atoms with Crippen molar-refractivity contribution >= 4 is 34.6 Å². The second-order valence-corrected chi connectivity index (χ2v) is 5.94. The minimum absolute atomic E-state index is 0.487. The van der Waals surface area contributed by atoms with Gasteiger partial charge in [-0.05, 0) is 55.2 Å². The topological polar surface area (TPSA) is 36.1 Å². The van der Waals surface area contributed by atoms with E-state index in [1.54, 1.807) is 0 Å². The third kappa shape index (κ3) is 4.55. The van der Waals surface area contributed by atoms with Crippen LogP contribution in [0.4, 0.5) is 5.69 Å². The molecule has 1 fully saturated rings. The van der Waals surface area contributed by atoms with Crippen LogP contribution < -0.4 is 16.2 Å². The molecule has 0 heterocycles. The molecule has 3 N–H and O–H groups in total. The van der Waals surface area contributed by atoms with Crippen molar-refractivity contribution in [3.05, 3.63) is 29.3 Å². The summed E-state index contributed by atoms with van der Waals surface area (Å²) in [7, 11) is 0. The van der Waals surface area contributed by atoms with Gasteiger partial charge in [-0.2, -0.15) is 0 Å². The van der Waals surface area contributed by atoms with Gasteiger partial charge in [0.1, 0.15) is 0 Å². The van der Waals surface area contributed by atoms with Crippen molar-refractivity contribution in [1.29, 1.82) is 0 Å². The molecular formula is C14H20ClN3S. The van der Waals surface area contributed by atoms with E-state index in [0.29, 0.717) is 17.1 Å². The first-order chi connectivity index (χ1) is 9.15. The van der Waals surface area contributed by atoms with Crippen molar-refractivity contribution in [3.63, 3.8) is 0 Å². The van der Waals surface area contributed by atoms with E-state index in [0.717, 1.165) is 10.7 Å². The van der Waals surface area contributed by atoms with E-state index in [1.165, 1.54) is 25.7 Å². The Hall–Kier alpha value is -1.00. The molecule has 0 amide bonds. The van der Waals surface area contributed by atoms with Gasteiger partial charge in [-0.3, -0.25) is 10.9 Å². The van der Waals surface area contributed by atoms with Crippen molar-refractivity contribution in [2.24, 2.45) is 5.92 Å². The number of hydrogen-bond acceptors (Lipinski definition) is 2. The van der Waals surface area contributed by atoms with Crippen LogP contribution in [0.3, 0.4) is 0 Å². The predicted octanol–water partition coefficient (Wildman–Crippen LogP) is 3.71. The lowest BCUT2D eigenvalue weighted by Crippen LogP contribution is -2.47. The third-order valence-electron chi connectivity index (χ3n) is 3.59. The first-order valence-corrected chi connectivity index (χ1v) is 7.52. The van der Waals surface area contributed by atoms with Crippen LogP contribution in [0.5, 0.6) is 0 Å². The number of anilines is 1. The molecule has 1 aliphatic carbocycles. The van der Waals surface area contributed by atoms with Crippen LogP contribution in [0.15, 0.2) is 24.3 Å². The average Bonchev–Trinajstić information content (AvgIpc) is 2.41. The molecule has 0 aromatic heterocycles. The SMILES string of the molecule is C[C@@H]1CCCC[C@@H]1NC(=S)NNc1ccc(Cl)cc1. The molecule has 104 valence electrons. The smallest absolute Gasteiger partial charge is 0.185 e. The molecule has 0 aliphatic heterocycles. The van der Waals surface area contributed by atoms with Crippen LogP contribution in [0.1, 0.15) is 32.6 Å². The van der Waals surface area contributed by atoms with E-state index in [2.05, 4.69) is 23.1 Å². The van der Waals surface area contributed by atoms with Crippen LogP contribution in [-0.4, -0.2) is 11.2 Å². The molecule has 0 radical (unpaired) electrons. The summed E-state index contributed by atoms with van der Waals surface area (Å²) in [5, 5.41) is 4.75. The normalized spacial score (nSPS) is 22.6. The Balaban J connectivity index is 1.76. The van der Waals surface area contributed by atoms with E-state index in [9.17, 15) is 0 Å². The highest BCUT2D eigenvalue weighted by molar-refractivity contribution is 7.80. The minimum atomic E-state index is 0.487. The van der Waals surface area contributed by atoms with Crippen molar-refractivity contribution in [2.45, 2.75) is 38.6 Å². The number of nitrogens with one attached hydrogen (secondary N) is 3. The summed E-state index contributed by atoms with van der Waals surface area (Å²) in [6.07, 6.45) is 5.10. The maximum Gasteiger partial charge on any atom is 0.185 e.